The smallest absolute Gasteiger partial charge is 0.315 e. The quantitative estimate of drug-likeness (QED) is 0.524. The highest BCUT2D eigenvalue weighted by molar-refractivity contribution is 6.37. The molecule has 1 aliphatic heterocycles. The molecule has 3 N–H and O–H groups in total. The lowest BCUT2D eigenvalue weighted by atomic mass is 9.69. The van der Waals surface area contributed by atoms with E-state index in [0.29, 0.717) is 12.3 Å². The lowest BCUT2D eigenvalue weighted by Gasteiger charge is -2.52. The van der Waals surface area contributed by atoms with Gasteiger partial charge in [0.2, 0.25) is 0 Å². The van der Waals surface area contributed by atoms with Gasteiger partial charge >= 0.3 is 11.8 Å². The number of carbonyl (C=O) groups excluding carboxylic acids is 2. The molecule has 29 heavy (non-hydrogen) atoms. The van der Waals surface area contributed by atoms with Crippen LogP contribution in [-0.2, 0) is 9.59 Å². The second-order valence-corrected chi connectivity index (χ2v) is 11.2. The van der Waals surface area contributed by atoms with Crippen LogP contribution in [0.4, 0.5) is 0 Å². The molecule has 1 atom stereocenters. The van der Waals surface area contributed by atoms with E-state index in [2.05, 4.69) is 53.4 Å². The summed E-state index contributed by atoms with van der Waals surface area (Å²) in [6.07, 6.45) is 8.43. The summed E-state index contributed by atoms with van der Waals surface area (Å²) in [5.74, 6) is -0.494. The van der Waals surface area contributed by atoms with Gasteiger partial charge in [-0.25, -0.2) is 0 Å². The highest BCUT2D eigenvalue weighted by Gasteiger charge is 2.59. The molecule has 2 aliphatic rings. The SMILES string of the molecule is C=CC(=CC)C(N)(CCC(C)(C)C)N1C(=O)C(=O)NC12CCC(C(C)(C)C)CC2. The van der Waals surface area contributed by atoms with E-state index in [1.807, 2.05) is 13.0 Å². The average Bonchev–Trinajstić information content (AvgIpc) is 2.83. The van der Waals surface area contributed by atoms with E-state index in [1.54, 1.807) is 11.0 Å². The number of allylic oxidation sites excluding steroid dienone is 1. The number of hydrogen-bond acceptors (Lipinski definition) is 3. The fourth-order valence-corrected chi connectivity index (χ4v) is 4.99. The van der Waals surface area contributed by atoms with Crippen LogP contribution in [0.2, 0.25) is 0 Å². The van der Waals surface area contributed by atoms with Crippen molar-refractivity contribution in [3.05, 3.63) is 24.3 Å². The molecule has 2 fully saturated rings. The Hall–Kier alpha value is -1.62. The minimum atomic E-state index is -1.06. The van der Waals surface area contributed by atoms with E-state index in [4.69, 9.17) is 5.73 Å². The Kier molecular flexibility index (Phi) is 6.44. The Morgan fingerprint density at radius 3 is 2.14 bits per heavy atom. The molecular formula is C24H41N3O2. The molecule has 5 heteroatoms. The first-order valence-corrected chi connectivity index (χ1v) is 11.0. The van der Waals surface area contributed by atoms with Crippen molar-refractivity contribution in [2.75, 3.05) is 0 Å². The van der Waals surface area contributed by atoms with Gasteiger partial charge in [-0.3, -0.25) is 14.5 Å². The van der Waals surface area contributed by atoms with E-state index in [-0.39, 0.29) is 10.8 Å². The Bertz CT molecular complexity index is 688. The van der Waals surface area contributed by atoms with Crippen molar-refractivity contribution in [1.29, 1.82) is 0 Å². The first-order chi connectivity index (χ1) is 13.2. The molecule has 0 bridgehead atoms. The fraction of sp³-hybridized carbons (Fsp3) is 0.750. The molecule has 1 spiro atoms. The van der Waals surface area contributed by atoms with Gasteiger partial charge in [0.25, 0.3) is 0 Å². The summed E-state index contributed by atoms with van der Waals surface area (Å²) in [5, 5.41) is 3.04. The van der Waals surface area contributed by atoms with Gasteiger partial charge in [0.1, 0.15) is 11.3 Å². The zero-order valence-corrected chi connectivity index (χ0v) is 19.5. The van der Waals surface area contributed by atoms with Crippen LogP contribution in [0.5, 0.6) is 0 Å². The largest absolute Gasteiger partial charge is 0.325 e. The van der Waals surface area contributed by atoms with Gasteiger partial charge in [-0.15, -0.1) is 0 Å². The summed E-state index contributed by atoms with van der Waals surface area (Å²) < 4.78 is 0. The molecular weight excluding hydrogens is 362 g/mol. The van der Waals surface area contributed by atoms with Crippen molar-refractivity contribution in [3.8, 4) is 0 Å². The van der Waals surface area contributed by atoms with E-state index >= 15 is 0 Å². The van der Waals surface area contributed by atoms with Crippen LogP contribution in [0.25, 0.3) is 0 Å². The molecule has 0 aromatic rings. The number of rotatable bonds is 5. The van der Waals surface area contributed by atoms with Gasteiger partial charge in [-0.2, -0.15) is 0 Å². The van der Waals surface area contributed by atoms with Gasteiger partial charge in [0.05, 0.1) is 0 Å². The van der Waals surface area contributed by atoms with E-state index < -0.39 is 23.1 Å². The lowest BCUT2D eigenvalue weighted by Crippen LogP contribution is -2.68. The molecule has 1 heterocycles. The van der Waals surface area contributed by atoms with Crippen molar-refractivity contribution in [3.63, 3.8) is 0 Å². The molecule has 0 aromatic carbocycles. The van der Waals surface area contributed by atoms with E-state index in [0.717, 1.165) is 37.7 Å². The first kappa shape index (κ1) is 23.7. The van der Waals surface area contributed by atoms with Crippen molar-refractivity contribution >= 4 is 11.8 Å². The van der Waals surface area contributed by atoms with Gasteiger partial charge in [0.15, 0.2) is 0 Å². The highest BCUT2D eigenvalue weighted by Crippen LogP contribution is 2.47. The van der Waals surface area contributed by atoms with Crippen molar-refractivity contribution < 1.29 is 9.59 Å². The number of nitrogens with zero attached hydrogens (tertiary/aromatic N) is 1. The molecule has 1 aliphatic carbocycles. The van der Waals surface area contributed by atoms with Crippen LogP contribution in [0.3, 0.4) is 0 Å². The molecule has 164 valence electrons. The van der Waals surface area contributed by atoms with Gasteiger partial charge in [0, 0.05) is 0 Å². The number of nitrogens with one attached hydrogen (secondary N) is 1. The monoisotopic (exact) mass is 403 g/mol. The maximum atomic E-state index is 13.1. The first-order valence-electron chi connectivity index (χ1n) is 11.0. The van der Waals surface area contributed by atoms with Gasteiger partial charge in [-0.05, 0) is 67.8 Å². The minimum Gasteiger partial charge on any atom is -0.325 e. The Labute approximate surface area is 177 Å². The maximum Gasteiger partial charge on any atom is 0.315 e. The normalized spacial score (nSPS) is 28.5. The van der Waals surface area contributed by atoms with Crippen molar-refractivity contribution in [2.45, 2.75) is 98.3 Å². The highest BCUT2D eigenvalue weighted by atomic mass is 16.2. The number of amides is 2. The van der Waals surface area contributed by atoms with Crippen LogP contribution in [0, 0.1) is 16.7 Å². The summed E-state index contributed by atoms with van der Waals surface area (Å²) in [4.78, 5) is 27.4. The summed E-state index contributed by atoms with van der Waals surface area (Å²) >= 11 is 0. The minimum absolute atomic E-state index is 0.0574. The zero-order valence-electron chi connectivity index (χ0n) is 19.5. The molecule has 5 nitrogen and oxygen atoms in total. The molecule has 1 saturated carbocycles. The van der Waals surface area contributed by atoms with Crippen LogP contribution in [-0.4, -0.2) is 28.0 Å². The second-order valence-electron chi connectivity index (χ2n) is 11.2. The molecule has 2 amide bonds. The average molecular weight is 404 g/mol. The van der Waals surface area contributed by atoms with Crippen LogP contribution in [0.1, 0.15) is 87.0 Å². The Morgan fingerprint density at radius 2 is 1.72 bits per heavy atom. The predicted molar refractivity (Wildman–Crippen MR) is 119 cm³/mol. The lowest BCUT2D eigenvalue weighted by molar-refractivity contribution is -0.147. The third kappa shape index (κ3) is 4.60. The third-order valence-corrected chi connectivity index (χ3v) is 6.90. The summed E-state index contributed by atoms with van der Waals surface area (Å²) in [6.45, 7) is 19.1. The van der Waals surface area contributed by atoms with Crippen molar-refractivity contribution in [2.24, 2.45) is 22.5 Å². The molecule has 1 saturated heterocycles. The number of nitrogens with two attached hydrogens (primary N) is 1. The van der Waals surface area contributed by atoms with E-state index in [9.17, 15) is 9.59 Å². The summed E-state index contributed by atoms with van der Waals surface area (Å²) in [7, 11) is 0. The summed E-state index contributed by atoms with van der Waals surface area (Å²) in [5.41, 5.74) is 6.32. The van der Waals surface area contributed by atoms with Crippen LogP contribution >= 0.6 is 0 Å². The third-order valence-electron chi connectivity index (χ3n) is 6.90. The Morgan fingerprint density at radius 1 is 1.17 bits per heavy atom. The van der Waals surface area contributed by atoms with Crippen LogP contribution in [0.15, 0.2) is 24.3 Å². The Balaban J connectivity index is 2.47. The van der Waals surface area contributed by atoms with Gasteiger partial charge < -0.3 is 11.1 Å². The van der Waals surface area contributed by atoms with Crippen molar-refractivity contribution in [1.82, 2.24) is 10.2 Å². The second kappa shape index (κ2) is 7.90. The van der Waals surface area contributed by atoms with Crippen LogP contribution < -0.4 is 11.1 Å². The number of carbonyl (C=O) groups is 2. The zero-order chi connectivity index (χ0) is 22.3. The van der Waals surface area contributed by atoms with Gasteiger partial charge in [-0.1, -0.05) is 60.3 Å². The summed E-state index contributed by atoms with van der Waals surface area (Å²) in [6, 6.07) is 0. The molecule has 1 unspecified atom stereocenters. The molecule has 0 aromatic heterocycles. The molecule has 2 rings (SSSR count). The topological polar surface area (TPSA) is 75.4 Å². The fourth-order valence-electron chi connectivity index (χ4n) is 4.99. The predicted octanol–water partition coefficient (Wildman–Crippen LogP) is 4.49. The molecule has 0 radical (unpaired) electrons. The maximum absolute atomic E-state index is 13.1. The number of hydrogen-bond donors (Lipinski definition) is 2. The standard InChI is InChI=1S/C24H41N3O2/c1-9-17(10-2)24(25,16-15-21(3,4)5)27-20(29)19(28)26-23(27)13-11-18(12-14-23)22(6,7)8/h9-10,18H,1,11-16,25H2,2-8H3,(H,26,28). The van der Waals surface area contributed by atoms with E-state index in [1.165, 1.54) is 0 Å².